The summed E-state index contributed by atoms with van der Waals surface area (Å²) in [5.41, 5.74) is 4.43. The second-order valence-electron chi connectivity index (χ2n) is 4.90. The Balaban J connectivity index is 1.89. The second-order valence-corrected chi connectivity index (χ2v) is 5.34. The van der Waals surface area contributed by atoms with Crippen LogP contribution < -0.4 is 10.9 Å². The van der Waals surface area contributed by atoms with Crippen LogP contribution in [0.15, 0.2) is 18.2 Å². The minimum atomic E-state index is -0.720. The molecule has 0 spiro atoms. The molecule has 0 aliphatic heterocycles. The monoisotopic (exact) mass is 298 g/mol. The van der Waals surface area contributed by atoms with Crippen LogP contribution in [0.4, 0.5) is 4.39 Å². The minimum absolute atomic E-state index is 0.0703. The van der Waals surface area contributed by atoms with Crippen molar-refractivity contribution >= 4 is 23.4 Å². The molecule has 1 aliphatic rings. The molecule has 0 aromatic heterocycles. The number of amides is 2. The molecule has 0 saturated heterocycles. The molecule has 1 saturated carbocycles. The first-order valence-electron chi connectivity index (χ1n) is 6.63. The van der Waals surface area contributed by atoms with Crippen LogP contribution in [0, 0.1) is 11.7 Å². The molecular formula is C14H16ClFN2O2. The Morgan fingerprint density at radius 2 is 1.85 bits per heavy atom. The molecule has 0 radical (unpaired) electrons. The van der Waals surface area contributed by atoms with Gasteiger partial charge in [0.15, 0.2) is 0 Å². The van der Waals surface area contributed by atoms with Crippen molar-refractivity contribution in [2.24, 2.45) is 5.92 Å². The van der Waals surface area contributed by atoms with Gasteiger partial charge in [0.25, 0.3) is 5.91 Å². The molecule has 2 rings (SSSR count). The van der Waals surface area contributed by atoms with E-state index < -0.39 is 11.7 Å². The van der Waals surface area contributed by atoms with Gasteiger partial charge in [-0.1, -0.05) is 30.9 Å². The van der Waals surface area contributed by atoms with Gasteiger partial charge in [-0.25, -0.2) is 4.39 Å². The highest BCUT2D eigenvalue weighted by atomic mass is 35.5. The molecule has 0 unspecified atom stereocenters. The lowest BCUT2D eigenvalue weighted by Crippen LogP contribution is -2.45. The fourth-order valence-electron chi connectivity index (χ4n) is 2.33. The first kappa shape index (κ1) is 14.8. The van der Waals surface area contributed by atoms with Crippen LogP contribution in [0.5, 0.6) is 0 Å². The number of carbonyl (C=O) groups excluding carboxylic acids is 2. The minimum Gasteiger partial charge on any atom is -0.273 e. The number of benzene rings is 1. The van der Waals surface area contributed by atoms with E-state index in [-0.39, 0.29) is 22.4 Å². The highest BCUT2D eigenvalue weighted by Crippen LogP contribution is 2.23. The zero-order chi connectivity index (χ0) is 14.5. The molecular weight excluding hydrogens is 283 g/mol. The van der Waals surface area contributed by atoms with E-state index in [0.29, 0.717) is 0 Å². The summed E-state index contributed by atoms with van der Waals surface area (Å²) in [5.74, 6) is -1.70. The van der Waals surface area contributed by atoms with Gasteiger partial charge in [-0.15, -0.1) is 0 Å². The van der Waals surface area contributed by atoms with Crippen molar-refractivity contribution in [2.75, 3.05) is 0 Å². The summed E-state index contributed by atoms with van der Waals surface area (Å²) in [5, 5.41) is 0.213. The zero-order valence-electron chi connectivity index (χ0n) is 10.9. The molecule has 20 heavy (non-hydrogen) atoms. The summed E-state index contributed by atoms with van der Waals surface area (Å²) in [6.45, 7) is 0. The van der Waals surface area contributed by atoms with Crippen LogP contribution in [0.1, 0.15) is 42.5 Å². The van der Waals surface area contributed by atoms with Gasteiger partial charge >= 0.3 is 0 Å². The van der Waals surface area contributed by atoms with Crippen molar-refractivity contribution in [3.8, 4) is 0 Å². The predicted octanol–water partition coefficient (Wildman–Crippen LogP) is 2.82. The highest BCUT2D eigenvalue weighted by molar-refractivity contribution is 6.30. The van der Waals surface area contributed by atoms with Crippen LogP contribution in [0.3, 0.4) is 0 Å². The molecule has 4 nitrogen and oxygen atoms in total. The summed E-state index contributed by atoms with van der Waals surface area (Å²) in [6.07, 6.45) is 4.86. The number of rotatable bonds is 2. The fraction of sp³-hybridized carbons (Fsp3) is 0.429. The van der Waals surface area contributed by atoms with E-state index in [1.807, 2.05) is 0 Å². The Bertz CT molecular complexity index is 516. The lowest BCUT2D eigenvalue weighted by Gasteiger charge is -2.20. The second kappa shape index (κ2) is 6.70. The first-order chi connectivity index (χ1) is 9.58. The maximum absolute atomic E-state index is 13.5. The maximum Gasteiger partial charge on any atom is 0.272 e. The van der Waals surface area contributed by atoms with Crippen molar-refractivity contribution in [3.05, 3.63) is 34.6 Å². The molecule has 6 heteroatoms. The molecule has 2 N–H and O–H groups in total. The average Bonchev–Trinajstić information content (AvgIpc) is 2.45. The Hall–Kier alpha value is -1.62. The fourth-order valence-corrected chi connectivity index (χ4v) is 2.48. The van der Waals surface area contributed by atoms with Crippen LogP contribution in [-0.2, 0) is 4.79 Å². The Labute approximate surface area is 121 Å². The van der Waals surface area contributed by atoms with E-state index in [2.05, 4.69) is 10.9 Å². The van der Waals surface area contributed by atoms with E-state index in [1.54, 1.807) is 0 Å². The number of halogens is 2. The topological polar surface area (TPSA) is 58.2 Å². The normalized spacial score (nSPS) is 15.7. The first-order valence-corrected chi connectivity index (χ1v) is 7.01. The molecule has 2 amide bonds. The summed E-state index contributed by atoms with van der Waals surface area (Å²) < 4.78 is 13.5. The van der Waals surface area contributed by atoms with Crippen molar-refractivity contribution in [2.45, 2.75) is 32.1 Å². The molecule has 1 aliphatic carbocycles. The quantitative estimate of drug-likeness (QED) is 0.825. The standard InChI is InChI=1S/C14H16ClFN2O2/c15-10-6-7-11(12(16)8-10)14(20)18-17-13(19)9-4-2-1-3-5-9/h6-9H,1-5H2,(H,17,19)(H,18,20). The van der Waals surface area contributed by atoms with Gasteiger partial charge in [0, 0.05) is 10.9 Å². The van der Waals surface area contributed by atoms with Crippen molar-refractivity contribution < 1.29 is 14.0 Å². The van der Waals surface area contributed by atoms with Gasteiger partial charge in [-0.2, -0.15) is 0 Å². The Kier molecular flexibility index (Phi) is 4.95. The van der Waals surface area contributed by atoms with E-state index in [9.17, 15) is 14.0 Å². The number of hydrogen-bond acceptors (Lipinski definition) is 2. The summed E-state index contributed by atoms with van der Waals surface area (Å²) in [4.78, 5) is 23.6. The molecule has 108 valence electrons. The van der Waals surface area contributed by atoms with Gasteiger partial charge in [0.1, 0.15) is 5.82 Å². The third-order valence-corrected chi connectivity index (χ3v) is 3.69. The Morgan fingerprint density at radius 1 is 1.15 bits per heavy atom. The van der Waals surface area contributed by atoms with E-state index in [1.165, 1.54) is 12.1 Å². The molecule has 0 heterocycles. The van der Waals surface area contributed by atoms with Gasteiger partial charge in [-0.05, 0) is 31.0 Å². The molecule has 1 aromatic rings. The zero-order valence-corrected chi connectivity index (χ0v) is 11.7. The SMILES string of the molecule is O=C(NNC(=O)C1CCCCC1)c1ccc(Cl)cc1F. The maximum atomic E-state index is 13.5. The summed E-state index contributed by atoms with van der Waals surface area (Å²) in [6, 6.07) is 3.75. The third kappa shape index (κ3) is 3.70. The average molecular weight is 299 g/mol. The van der Waals surface area contributed by atoms with Crippen LogP contribution in [0.2, 0.25) is 5.02 Å². The molecule has 1 aromatic carbocycles. The number of hydrazine groups is 1. The highest BCUT2D eigenvalue weighted by Gasteiger charge is 2.21. The summed E-state index contributed by atoms with van der Waals surface area (Å²) in [7, 11) is 0. The van der Waals surface area contributed by atoms with E-state index in [4.69, 9.17) is 11.6 Å². The van der Waals surface area contributed by atoms with E-state index in [0.717, 1.165) is 38.2 Å². The number of carbonyl (C=O) groups is 2. The lowest BCUT2D eigenvalue weighted by molar-refractivity contribution is -0.126. The number of nitrogens with one attached hydrogen (secondary N) is 2. The van der Waals surface area contributed by atoms with Gasteiger partial charge in [0.05, 0.1) is 5.56 Å². The van der Waals surface area contributed by atoms with Crippen molar-refractivity contribution in [1.29, 1.82) is 0 Å². The Morgan fingerprint density at radius 3 is 2.50 bits per heavy atom. The van der Waals surface area contributed by atoms with Gasteiger partial charge in [-0.3, -0.25) is 20.4 Å². The predicted molar refractivity (Wildman–Crippen MR) is 73.6 cm³/mol. The van der Waals surface area contributed by atoms with Crippen LogP contribution >= 0.6 is 11.6 Å². The van der Waals surface area contributed by atoms with Crippen LogP contribution in [0.25, 0.3) is 0 Å². The largest absolute Gasteiger partial charge is 0.273 e. The molecule has 1 fully saturated rings. The third-order valence-electron chi connectivity index (χ3n) is 3.45. The lowest BCUT2D eigenvalue weighted by atomic mass is 9.89. The molecule has 0 bridgehead atoms. The smallest absolute Gasteiger partial charge is 0.272 e. The van der Waals surface area contributed by atoms with Crippen molar-refractivity contribution in [1.82, 2.24) is 10.9 Å². The molecule has 0 atom stereocenters. The van der Waals surface area contributed by atoms with Crippen LogP contribution in [-0.4, -0.2) is 11.8 Å². The van der Waals surface area contributed by atoms with E-state index >= 15 is 0 Å². The van der Waals surface area contributed by atoms with Gasteiger partial charge in [0.2, 0.25) is 5.91 Å². The number of hydrogen-bond donors (Lipinski definition) is 2. The van der Waals surface area contributed by atoms with Gasteiger partial charge < -0.3 is 0 Å². The summed E-state index contributed by atoms with van der Waals surface area (Å²) >= 11 is 5.61. The van der Waals surface area contributed by atoms with Crippen molar-refractivity contribution in [3.63, 3.8) is 0 Å².